The molecule has 0 bridgehead atoms. The molecule has 1 aromatic rings. The molecule has 0 aromatic carbocycles. The van der Waals surface area contributed by atoms with E-state index in [1.807, 2.05) is 9.80 Å². The zero-order valence-electron chi connectivity index (χ0n) is 12.2. The largest absolute Gasteiger partial charge is 0.368 e. The standard InChI is InChI=1S/C14H18N4O4/c19-14(12-2-1-9-22-12)17-7-5-16(6-8-17)13-4-3-11(10-15-13)18(20)21/h3-4,10,12H,1-2,5-9H2. The Hall–Kier alpha value is -2.22. The third-order valence-corrected chi connectivity index (χ3v) is 4.06. The number of rotatable bonds is 3. The predicted octanol–water partition coefficient (Wildman–Crippen LogP) is 0.817. The number of nitrogens with zero attached hydrogens (tertiary/aromatic N) is 4. The molecule has 118 valence electrons. The van der Waals surface area contributed by atoms with Crippen LogP contribution in [-0.2, 0) is 9.53 Å². The SMILES string of the molecule is O=C(C1CCCO1)N1CCN(c2ccc([N+](=O)[O-])cn2)CC1. The van der Waals surface area contributed by atoms with Crippen LogP contribution >= 0.6 is 0 Å². The highest BCUT2D eigenvalue weighted by Gasteiger charge is 2.30. The van der Waals surface area contributed by atoms with E-state index in [1.54, 1.807) is 6.07 Å². The summed E-state index contributed by atoms with van der Waals surface area (Å²) in [6.45, 7) is 3.25. The molecule has 2 aliphatic heterocycles. The highest BCUT2D eigenvalue weighted by atomic mass is 16.6. The molecule has 1 atom stereocenters. The van der Waals surface area contributed by atoms with Gasteiger partial charge in [-0.25, -0.2) is 4.98 Å². The molecule has 0 saturated carbocycles. The van der Waals surface area contributed by atoms with Crippen molar-refractivity contribution in [3.8, 4) is 0 Å². The van der Waals surface area contributed by atoms with E-state index < -0.39 is 4.92 Å². The number of pyridine rings is 1. The van der Waals surface area contributed by atoms with Gasteiger partial charge >= 0.3 is 0 Å². The zero-order valence-corrected chi connectivity index (χ0v) is 12.2. The van der Waals surface area contributed by atoms with Crippen molar-refractivity contribution < 1.29 is 14.5 Å². The van der Waals surface area contributed by atoms with Gasteiger partial charge in [0.15, 0.2) is 0 Å². The molecule has 0 N–H and O–H groups in total. The van der Waals surface area contributed by atoms with Gasteiger partial charge in [0.1, 0.15) is 18.1 Å². The average molecular weight is 306 g/mol. The molecule has 2 fully saturated rings. The molecule has 3 heterocycles. The maximum Gasteiger partial charge on any atom is 0.287 e. The third kappa shape index (κ3) is 3.01. The normalized spacial score (nSPS) is 21.9. The molecule has 2 saturated heterocycles. The summed E-state index contributed by atoms with van der Waals surface area (Å²) in [6.07, 6.45) is 2.75. The minimum atomic E-state index is -0.463. The van der Waals surface area contributed by atoms with Crippen LogP contribution in [0.1, 0.15) is 12.8 Å². The van der Waals surface area contributed by atoms with E-state index in [2.05, 4.69) is 4.98 Å². The third-order valence-electron chi connectivity index (χ3n) is 4.06. The van der Waals surface area contributed by atoms with Gasteiger partial charge in [-0.1, -0.05) is 0 Å². The monoisotopic (exact) mass is 306 g/mol. The zero-order chi connectivity index (χ0) is 15.5. The van der Waals surface area contributed by atoms with Crippen molar-refractivity contribution in [2.45, 2.75) is 18.9 Å². The summed E-state index contributed by atoms with van der Waals surface area (Å²) in [4.78, 5) is 30.4. The average Bonchev–Trinajstić information content (AvgIpc) is 3.09. The molecule has 22 heavy (non-hydrogen) atoms. The quantitative estimate of drug-likeness (QED) is 0.606. The lowest BCUT2D eigenvalue weighted by atomic mass is 10.2. The minimum absolute atomic E-state index is 0.0176. The first-order valence-corrected chi connectivity index (χ1v) is 7.41. The Balaban J connectivity index is 1.57. The van der Waals surface area contributed by atoms with Crippen molar-refractivity contribution >= 4 is 17.4 Å². The highest BCUT2D eigenvalue weighted by Crippen LogP contribution is 2.19. The Kier molecular flexibility index (Phi) is 4.19. The molecule has 3 rings (SSSR count). The summed E-state index contributed by atoms with van der Waals surface area (Å²) in [5.74, 6) is 0.781. The summed E-state index contributed by atoms with van der Waals surface area (Å²) < 4.78 is 5.43. The van der Waals surface area contributed by atoms with Gasteiger partial charge in [0.2, 0.25) is 0 Å². The molecule has 8 nitrogen and oxygen atoms in total. The van der Waals surface area contributed by atoms with Gasteiger partial charge in [-0.3, -0.25) is 14.9 Å². The second kappa shape index (κ2) is 6.27. The summed E-state index contributed by atoms with van der Waals surface area (Å²) in [6, 6.07) is 3.10. The maximum absolute atomic E-state index is 12.3. The molecular weight excluding hydrogens is 288 g/mol. The first-order valence-electron chi connectivity index (χ1n) is 7.41. The van der Waals surface area contributed by atoms with E-state index in [9.17, 15) is 14.9 Å². The van der Waals surface area contributed by atoms with Crippen LogP contribution in [0.5, 0.6) is 0 Å². The number of hydrogen-bond acceptors (Lipinski definition) is 6. The number of aromatic nitrogens is 1. The lowest BCUT2D eigenvalue weighted by molar-refractivity contribution is -0.385. The van der Waals surface area contributed by atoms with Crippen molar-refractivity contribution in [3.63, 3.8) is 0 Å². The maximum atomic E-state index is 12.3. The fourth-order valence-electron chi connectivity index (χ4n) is 2.81. The van der Waals surface area contributed by atoms with Crippen LogP contribution in [0.4, 0.5) is 11.5 Å². The van der Waals surface area contributed by atoms with E-state index in [4.69, 9.17) is 4.74 Å². The molecule has 1 aromatic heterocycles. The number of hydrogen-bond donors (Lipinski definition) is 0. The van der Waals surface area contributed by atoms with Crippen LogP contribution in [0.2, 0.25) is 0 Å². The highest BCUT2D eigenvalue weighted by molar-refractivity contribution is 5.81. The number of nitro groups is 1. The predicted molar refractivity (Wildman–Crippen MR) is 78.7 cm³/mol. The van der Waals surface area contributed by atoms with Crippen LogP contribution in [-0.4, -0.2) is 59.6 Å². The minimum Gasteiger partial charge on any atom is -0.368 e. The second-order valence-electron chi connectivity index (χ2n) is 5.45. The number of anilines is 1. The first-order chi connectivity index (χ1) is 10.6. The smallest absolute Gasteiger partial charge is 0.287 e. The summed E-state index contributed by atoms with van der Waals surface area (Å²) in [5.41, 5.74) is -0.0176. The molecular formula is C14H18N4O4. The van der Waals surface area contributed by atoms with E-state index in [0.29, 0.717) is 38.6 Å². The van der Waals surface area contributed by atoms with Gasteiger partial charge in [-0.05, 0) is 18.9 Å². The topological polar surface area (TPSA) is 88.8 Å². The van der Waals surface area contributed by atoms with Crippen LogP contribution < -0.4 is 4.90 Å². The summed E-state index contributed by atoms with van der Waals surface area (Å²) in [5, 5.41) is 10.6. The number of carbonyl (C=O) groups is 1. The molecule has 0 radical (unpaired) electrons. The van der Waals surface area contributed by atoms with Crippen molar-refractivity contribution in [2.24, 2.45) is 0 Å². The van der Waals surface area contributed by atoms with Gasteiger partial charge in [0.05, 0.1) is 4.92 Å². The Bertz CT molecular complexity index is 548. The van der Waals surface area contributed by atoms with Gasteiger partial charge in [0.25, 0.3) is 11.6 Å². The number of piperazine rings is 1. The van der Waals surface area contributed by atoms with Gasteiger partial charge in [-0.15, -0.1) is 0 Å². The van der Waals surface area contributed by atoms with Gasteiger partial charge < -0.3 is 14.5 Å². The molecule has 2 aliphatic rings. The van der Waals surface area contributed by atoms with Crippen molar-refractivity contribution in [2.75, 3.05) is 37.7 Å². The molecule has 1 amide bonds. The Labute approximate surface area is 127 Å². The molecule has 1 unspecified atom stereocenters. The fourth-order valence-corrected chi connectivity index (χ4v) is 2.81. The van der Waals surface area contributed by atoms with Gasteiger partial charge in [-0.2, -0.15) is 0 Å². The molecule has 0 spiro atoms. The van der Waals surface area contributed by atoms with E-state index in [1.165, 1.54) is 12.3 Å². The summed E-state index contributed by atoms with van der Waals surface area (Å²) >= 11 is 0. The molecule has 8 heteroatoms. The van der Waals surface area contributed by atoms with Crippen LogP contribution in [0, 0.1) is 10.1 Å². The lowest BCUT2D eigenvalue weighted by Crippen LogP contribution is -2.51. The van der Waals surface area contributed by atoms with Gasteiger partial charge in [0, 0.05) is 38.9 Å². The van der Waals surface area contributed by atoms with Crippen LogP contribution in [0.25, 0.3) is 0 Å². The first kappa shape index (κ1) is 14.7. The van der Waals surface area contributed by atoms with E-state index >= 15 is 0 Å². The molecule has 0 aliphatic carbocycles. The van der Waals surface area contributed by atoms with Crippen LogP contribution in [0.15, 0.2) is 18.3 Å². The van der Waals surface area contributed by atoms with Crippen molar-refractivity contribution in [1.29, 1.82) is 0 Å². The summed E-state index contributed by atoms with van der Waals surface area (Å²) in [7, 11) is 0. The fraction of sp³-hybridized carbons (Fsp3) is 0.571. The number of ether oxygens (including phenoxy) is 1. The Morgan fingerprint density at radius 3 is 2.64 bits per heavy atom. The Morgan fingerprint density at radius 2 is 2.09 bits per heavy atom. The van der Waals surface area contributed by atoms with E-state index in [0.717, 1.165) is 12.8 Å². The van der Waals surface area contributed by atoms with Crippen LogP contribution in [0.3, 0.4) is 0 Å². The van der Waals surface area contributed by atoms with Crippen molar-refractivity contribution in [3.05, 3.63) is 28.4 Å². The van der Waals surface area contributed by atoms with Crippen molar-refractivity contribution in [1.82, 2.24) is 9.88 Å². The Morgan fingerprint density at radius 1 is 1.32 bits per heavy atom. The van der Waals surface area contributed by atoms with E-state index in [-0.39, 0.29) is 17.7 Å². The number of amides is 1. The number of carbonyl (C=O) groups excluding carboxylic acids is 1. The second-order valence-corrected chi connectivity index (χ2v) is 5.45. The lowest BCUT2D eigenvalue weighted by Gasteiger charge is -2.36.